The van der Waals surface area contributed by atoms with Gasteiger partial charge in [0.1, 0.15) is 0 Å². The molecule has 1 aromatic heterocycles. The third-order valence-electron chi connectivity index (χ3n) is 3.85. The van der Waals surface area contributed by atoms with Gasteiger partial charge in [0.05, 0.1) is 5.69 Å². The molecule has 0 saturated heterocycles. The molecule has 3 rings (SSSR count). The minimum atomic E-state index is -3.88. The van der Waals surface area contributed by atoms with Crippen LogP contribution in [0.25, 0.3) is 0 Å². The SMILES string of the molecule is CCN(c1ccccc1C)S(=O)(=O)c1nnc(NC(=O)c2ccccc2)s1. The third-order valence-corrected chi connectivity index (χ3v) is 6.92. The Morgan fingerprint density at radius 2 is 1.74 bits per heavy atom. The monoisotopic (exact) mass is 402 g/mol. The normalized spacial score (nSPS) is 11.2. The van der Waals surface area contributed by atoms with Crippen molar-refractivity contribution in [3.63, 3.8) is 0 Å². The van der Waals surface area contributed by atoms with E-state index in [2.05, 4.69) is 15.5 Å². The van der Waals surface area contributed by atoms with Crippen molar-refractivity contribution < 1.29 is 13.2 Å². The molecule has 1 heterocycles. The number of aryl methyl sites for hydroxylation is 1. The van der Waals surface area contributed by atoms with Gasteiger partial charge in [-0.25, -0.2) is 0 Å². The first kappa shape index (κ1) is 19.0. The van der Waals surface area contributed by atoms with Crippen LogP contribution in [0.1, 0.15) is 22.8 Å². The average Bonchev–Trinajstić information content (AvgIpc) is 3.14. The summed E-state index contributed by atoms with van der Waals surface area (Å²) >= 11 is 0.823. The van der Waals surface area contributed by atoms with Gasteiger partial charge in [0.15, 0.2) is 0 Å². The molecule has 0 aliphatic carbocycles. The summed E-state index contributed by atoms with van der Waals surface area (Å²) in [6.45, 7) is 3.85. The highest BCUT2D eigenvalue weighted by atomic mass is 32.2. The average molecular weight is 403 g/mol. The summed E-state index contributed by atoms with van der Waals surface area (Å²) in [4.78, 5) is 12.2. The summed E-state index contributed by atoms with van der Waals surface area (Å²) in [6.07, 6.45) is 0. The Balaban J connectivity index is 1.86. The molecule has 3 aromatic rings. The molecule has 2 aromatic carbocycles. The molecule has 7 nitrogen and oxygen atoms in total. The second-order valence-corrected chi connectivity index (χ2v) is 8.66. The lowest BCUT2D eigenvalue weighted by atomic mass is 10.2. The smallest absolute Gasteiger partial charge is 0.293 e. The Labute approximate surface area is 161 Å². The van der Waals surface area contributed by atoms with Crippen molar-refractivity contribution in [3.05, 3.63) is 65.7 Å². The van der Waals surface area contributed by atoms with Gasteiger partial charge in [-0.05, 0) is 37.6 Å². The van der Waals surface area contributed by atoms with E-state index >= 15 is 0 Å². The standard InChI is InChI=1S/C18H18N4O3S2/c1-3-22(15-12-8-7-9-13(15)2)27(24,25)18-21-20-17(26-18)19-16(23)14-10-5-4-6-11-14/h4-12H,3H2,1-2H3,(H,19,20,23). The Morgan fingerprint density at radius 3 is 2.41 bits per heavy atom. The van der Waals surface area contributed by atoms with E-state index in [1.165, 1.54) is 4.31 Å². The zero-order valence-electron chi connectivity index (χ0n) is 14.8. The van der Waals surface area contributed by atoms with E-state index in [0.717, 1.165) is 16.9 Å². The minimum Gasteiger partial charge on any atom is -0.296 e. The van der Waals surface area contributed by atoms with Crippen molar-refractivity contribution in [2.24, 2.45) is 0 Å². The highest BCUT2D eigenvalue weighted by Crippen LogP contribution is 2.29. The number of hydrogen-bond donors (Lipinski definition) is 1. The molecule has 0 fully saturated rings. The van der Waals surface area contributed by atoms with Crippen LogP contribution >= 0.6 is 11.3 Å². The van der Waals surface area contributed by atoms with Crippen molar-refractivity contribution in [1.29, 1.82) is 0 Å². The van der Waals surface area contributed by atoms with Crippen LogP contribution in [-0.4, -0.2) is 31.1 Å². The van der Waals surface area contributed by atoms with Gasteiger partial charge in [-0.15, -0.1) is 10.2 Å². The van der Waals surface area contributed by atoms with Crippen molar-refractivity contribution in [1.82, 2.24) is 10.2 Å². The summed E-state index contributed by atoms with van der Waals surface area (Å²) in [5, 5.41) is 10.3. The summed E-state index contributed by atoms with van der Waals surface area (Å²) in [5.74, 6) is -0.373. The van der Waals surface area contributed by atoms with E-state index in [1.807, 2.05) is 19.1 Å². The van der Waals surface area contributed by atoms with Crippen LogP contribution in [-0.2, 0) is 10.0 Å². The largest absolute Gasteiger partial charge is 0.296 e. The van der Waals surface area contributed by atoms with E-state index in [9.17, 15) is 13.2 Å². The Morgan fingerprint density at radius 1 is 1.07 bits per heavy atom. The minimum absolute atomic E-state index is 0.128. The molecule has 0 aliphatic rings. The molecule has 27 heavy (non-hydrogen) atoms. The fourth-order valence-electron chi connectivity index (χ4n) is 2.53. The number of rotatable bonds is 6. The Bertz CT molecular complexity index is 1050. The van der Waals surface area contributed by atoms with Crippen LogP contribution in [0.3, 0.4) is 0 Å². The number of carbonyl (C=O) groups is 1. The van der Waals surface area contributed by atoms with Crippen LogP contribution in [0.5, 0.6) is 0 Å². The predicted molar refractivity (Wildman–Crippen MR) is 106 cm³/mol. The van der Waals surface area contributed by atoms with Gasteiger partial charge >= 0.3 is 0 Å². The molecule has 1 N–H and O–H groups in total. The van der Waals surface area contributed by atoms with Gasteiger partial charge in [-0.1, -0.05) is 47.7 Å². The molecule has 0 aliphatic heterocycles. The second kappa shape index (κ2) is 7.85. The quantitative estimate of drug-likeness (QED) is 0.639. The summed E-state index contributed by atoms with van der Waals surface area (Å²) in [6, 6.07) is 15.8. The number of benzene rings is 2. The van der Waals surface area contributed by atoms with Crippen molar-refractivity contribution in [3.8, 4) is 0 Å². The fraction of sp³-hybridized carbons (Fsp3) is 0.167. The van der Waals surface area contributed by atoms with Gasteiger partial charge < -0.3 is 0 Å². The molecule has 0 spiro atoms. The Hall–Kier alpha value is -2.78. The first-order chi connectivity index (χ1) is 12.9. The zero-order chi connectivity index (χ0) is 19.4. The molecule has 0 unspecified atom stereocenters. The van der Waals surface area contributed by atoms with Gasteiger partial charge in [0.25, 0.3) is 20.3 Å². The van der Waals surface area contributed by atoms with Crippen LogP contribution in [0.4, 0.5) is 10.8 Å². The topological polar surface area (TPSA) is 92.3 Å². The Kier molecular flexibility index (Phi) is 5.52. The van der Waals surface area contributed by atoms with Gasteiger partial charge in [0, 0.05) is 12.1 Å². The predicted octanol–water partition coefficient (Wildman–Crippen LogP) is 3.31. The van der Waals surface area contributed by atoms with Crippen LogP contribution in [0, 0.1) is 6.92 Å². The lowest BCUT2D eigenvalue weighted by Gasteiger charge is -2.22. The molecule has 140 valence electrons. The lowest BCUT2D eigenvalue weighted by Crippen LogP contribution is -2.31. The molecular formula is C18H18N4O3S2. The van der Waals surface area contributed by atoms with Gasteiger partial charge in [-0.3, -0.25) is 14.4 Å². The maximum Gasteiger partial charge on any atom is 0.293 e. The zero-order valence-corrected chi connectivity index (χ0v) is 16.4. The highest BCUT2D eigenvalue weighted by molar-refractivity contribution is 7.94. The number of aromatic nitrogens is 2. The molecule has 0 atom stereocenters. The van der Waals surface area contributed by atoms with E-state index in [-0.39, 0.29) is 21.9 Å². The molecule has 9 heteroatoms. The molecule has 0 saturated carbocycles. The number of nitrogens with one attached hydrogen (secondary N) is 1. The van der Waals surface area contributed by atoms with Crippen LogP contribution in [0.15, 0.2) is 58.9 Å². The fourth-order valence-corrected chi connectivity index (χ4v) is 5.07. The number of anilines is 2. The maximum atomic E-state index is 13.0. The third kappa shape index (κ3) is 3.99. The molecule has 0 radical (unpaired) electrons. The van der Waals surface area contributed by atoms with Crippen molar-refractivity contribution >= 4 is 38.1 Å². The number of nitrogens with zero attached hydrogens (tertiary/aromatic N) is 3. The van der Waals surface area contributed by atoms with Gasteiger partial charge in [0.2, 0.25) is 5.13 Å². The van der Waals surface area contributed by atoms with E-state index in [4.69, 9.17) is 0 Å². The van der Waals surface area contributed by atoms with E-state index in [1.54, 1.807) is 49.4 Å². The van der Waals surface area contributed by atoms with E-state index in [0.29, 0.717) is 11.3 Å². The van der Waals surface area contributed by atoms with Crippen LogP contribution in [0.2, 0.25) is 0 Å². The number of carbonyl (C=O) groups excluding carboxylic acids is 1. The van der Waals surface area contributed by atoms with Crippen LogP contribution < -0.4 is 9.62 Å². The van der Waals surface area contributed by atoms with Crippen molar-refractivity contribution in [2.45, 2.75) is 18.2 Å². The summed E-state index contributed by atoms with van der Waals surface area (Å²) in [5.41, 5.74) is 1.88. The second-order valence-electron chi connectivity index (χ2n) is 5.65. The molecular weight excluding hydrogens is 384 g/mol. The summed E-state index contributed by atoms with van der Waals surface area (Å²) in [7, 11) is -3.88. The first-order valence-corrected chi connectivity index (χ1v) is 10.5. The summed E-state index contributed by atoms with van der Waals surface area (Å²) < 4.78 is 27.1. The number of sulfonamides is 1. The molecule has 0 bridgehead atoms. The molecule has 1 amide bonds. The number of hydrogen-bond acceptors (Lipinski definition) is 6. The highest BCUT2D eigenvalue weighted by Gasteiger charge is 2.29. The number of amides is 1. The van der Waals surface area contributed by atoms with Crippen molar-refractivity contribution in [2.75, 3.05) is 16.2 Å². The number of para-hydroxylation sites is 1. The lowest BCUT2D eigenvalue weighted by molar-refractivity contribution is 0.102. The maximum absolute atomic E-state index is 13.0. The van der Waals surface area contributed by atoms with E-state index < -0.39 is 10.0 Å². The first-order valence-electron chi connectivity index (χ1n) is 8.21. The van der Waals surface area contributed by atoms with Gasteiger partial charge in [-0.2, -0.15) is 8.42 Å².